The van der Waals surface area contributed by atoms with Gasteiger partial charge in [0.05, 0.1) is 0 Å². The van der Waals surface area contributed by atoms with E-state index in [1.807, 2.05) is 50.2 Å². The number of hydrogen-bond acceptors (Lipinski definition) is 2. The van der Waals surface area contributed by atoms with Crippen molar-refractivity contribution in [1.29, 1.82) is 0 Å². The van der Waals surface area contributed by atoms with Gasteiger partial charge in [-0.3, -0.25) is 0 Å². The van der Waals surface area contributed by atoms with Gasteiger partial charge in [-0.25, -0.2) is 0 Å². The summed E-state index contributed by atoms with van der Waals surface area (Å²) in [7, 11) is 0. The molecule has 0 bridgehead atoms. The van der Waals surface area contributed by atoms with E-state index in [9.17, 15) is 0 Å². The Bertz CT molecular complexity index is 667. The quantitative estimate of drug-likeness (QED) is 0.598. The Morgan fingerprint density at radius 2 is 1.16 bits per heavy atom. The average molecular weight is 336 g/mol. The lowest BCUT2D eigenvalue weighted by molar-refractivity contribution is 0.470. The van der Waals surface area contributed by atoms with Gasteiger partial charge < -0.3 is 10.2 Å². The summed E-state index contributed by atoms with van der Waals surface area (Å²) in [4.78, 5) is 0. The van der Waals surface area contributed by atoms with Crippen LogP contribution in [0.4, 0.5) is 0 Å². The van der Waals surface area contributed by atoms with E-state index in [2.05, 4.69) is 38.2 Å². The zero-order chi connectivity index (χ0) is 18.7. The highest BCUT2D eigenvalue weighted by Gasteiger charge is 1.91. The second-order valence-corrected chi connectivity index (χ2v) is 5.97. The number of rotatable bonds is 0. The second kappa shape index (κ2) is 10.9. The summed E-state index contributed by atoms with van der Waals surface area (Å²) in [6.07, 6.45) is 9.76. The van der Waals surface area contributed by atoms with Crippen molar-refractivity contribution in [2.75, 3.05) is 0 Å². The molecule has 2 N–H and O–H groups in total. The molecule has 25 heavy (non-hydrogen) atoms. The van der Waals surface area contributed by atoms with Gasteiger partial charge in [-0.2, -0.15) is 0 Å². The number of para-hydroxylation sites is 2. The van der Waals surface area contributed by atoms with Gasteiger partial charge in [-0.15, -0.1) is 0 Å². The predicted octanol–water partition coefficient (Wildman–Crippen LogP) is 6.24. The molecule has 2 nitrogen and oxygen atoms in total. The molecule has 0 unspecified atom stereocenters. The SMILES string of the molecule is CC1=CC=CCC=C1C.Cc1ccccc1O.Cc1ccccc1O. The molecule has 2 aromatic carbocycles. The fourth-order valence-corrected chi connectivity index (χ4v) is 1.96. The zero-order valence-electron chi connectivity index (χ0n) is 15.5. The van der Waals surface area contributed by atoms with Crippen LogP contribution < -0.4 is 0 Å². The van der Waals surface area contributed by atoms with Crippen LogP contribution in [0.2, 0.25) is 0 Å². The normalized spacial score (nSPS) is 12.5. The van der Waals surface area contributed by atoms with Crippen molar-refractivity contribution >= 4 is 0 Å². The minimum Gasteiger partial charge on any atom is -0.508 e. The lowest BCUT2D eigenvalue weighted by Gasteiger charge is -1.95. The Morgan fingerprint density at radius 1 is 0.680 bits per heavy atom. The molecule has 0 spiro atoms. The molecule has 0 saturated heterocycles. The molecule has 2 aromatic rings. The number of phenolic OH excluding ortho intramolecular Hbond substituents is 2. The third-order valence-corrected chi connectivity index (χ3v) is 3.90. The molecule has 0 atom stereocenters. The van der Waals surface area contributed by atoms with Crippen LogP contribution in [-0.4, -0.2) is 10.2 Å². The Morgan fingerprint density at radius 3 is 1.56 bits per heavy atom. The molecular formula is C23H28O2. The van der Waals surface area contributed by atoms with Crippen molar-refractivity contribution in [3.8, 4) is 11.5 Å². The fourth-order valence-electron chi connectivity index (χ4n) is 1.96. The summed E-state index contributed by atoms with van der Waals surface area (Å²) in [5, 5.41) is 17.8. The highest BCUT2D eigenvalue weighted by atomic mass is 16.3. The maximum Gasteiger partial charge on any atom is 0.118 e. The van der Waals surface area contributed by atoms with Crippen LogP contribution in [0.3, 0.4) is 0 Å². The molecular weight excluding hydrogens is 308 g/mol. The molecule has 3 rings (SSSR count). The van der Waals surface area contributed by atoms with Gasteiger partial charge in [0, 0.05) is 0 Å². The maximum atomic E-state index is 8.92. The first-order valence-corrected chi connectivity index (χ1v) is 8.41. The monoisotopic (exact) mass is 336 g/mol. The smallest absolute Gasteiger partial charge is 0.118 e. The van der Waals surface area contributed by atoms with Gasteiger partial charge in [-0.05, 0) is 62.9 Å². The standard InChI is InChI=1S/C9H12.2C7H8O/c1-8-6-4-3-5-7-9(8)2;2*1-6-4-2-3-5-7(6)8/h3-4,6-7H,5H2,1-2H3;2*2-5,8H,1H3. The van der Waals surface area contributed by atoms with E-state index < -0.39 is 0 Å². The summed E-state index contributed by atoms with van der Waals surface area (Å²) in [5.41, 5.74) is 4.63. The number of phenols is 2. The van der Waals surface area contributed by atoms with E-state index in [0.29, 0.717) is 11.5 Å². The molecule has 0 heterocycles. The predicted molar refractivity (Wildman–Crippen MR) is 107 cm³/mol. The first kappa shape index (κ1) is 20.3. The number of aryl methyl sites for hydroxylation is 2. The van der Waals surface area contributed by atoms with E-state index in [4.69, 9.17) is 10.2 Å². The van der Waals surface area contributed by atoms with Crippen LogP contribution in [0.15, 0.2) is 84.0 Å². The van der Waals surface area contributed by atoms with Crippen LogP contribution in [-0.2, 0) is 0 Å². The Labute approximate surface area is 151 Å². The largest absolute Gasteiger partial charge is 0.508 e. The molecule has 132 valence electrons. The van der Waals surface area contributed by atoms with Gasteiger partial charge in [0.15, 0.2) is 0 Å². The maximum absolute atomic E-state index is 8.92. The Hall–Kier alpha value is -2.74. The van der Waals surface area contributed by atoms with Crippen LogP contribution in [0.1, 0.15) is 31.4 Å². The Balaban J connectivity index is 0.000000188. The molecule has 1 aliphatic rings. The Kier molecular flexibility index (Phi) is 8.87. The third kappa shape index (κ3) is 8.07. The van der Waals surface area contributed by atoms with E-state index in [-0.39, 0.29) is 0 Å². The van der Waals surface area contributed by atoms with Crippen molar-refractivity contribution in [2.45, 2.75) is 34.1 Å². The van der Waals surface area contributed by atoms with Gasteiger partial charge in [0.2, 0.25) is 0 Å². The lowest BCUT2D eigenvalue weighted by atomic mass is 10.1. The van der Waals surface area contributed by atoms with E-state index >= 15 is 0 Å². The van der Waals surface area contributed by atoms with Crippen LogP contribution in [0.25, 0.3) is 0 Å². The van der Waals surface area contributed by atoms with Gasteiger partial charge in [0.25, 0.3) is 0 Å². The second-order valence-electron chi connectivity index (χ2n) is 5.97. The molecule has 2 heteroatoms. The van der Waals surface area contributed by atoms with Crippen molar-refractivity contribution < 1.29 is 10.2 Å². The van der Waals surface area contributed by atoms with Crippen LogP contribution in [0, 0.1) is 13.8 Å². The van der Waals surface area contributed by atoms with Gasteiger partial charge in [0.1, 0.15) is 11.5 Å². The minimum absolute atomic E-state index is 0.368. The van der Waals surface area contributed by atoms with Gasteiger partial charge >= 0.3 is 0 Å². The summed E-state index contributed by atoms with van der Waals surface area (Å²) < 4.78 is 0. The topological polar surface area (TPSA) is 40.5 Å². The molecule has 0 aromatic heterocycles. The molecule has 1 aliphatic carbocycles. The molecule has 0 saturated carbocycles. The van der Waals surface area contributed by atoms with E-state index in [0.717, 1.165) is 17.5 Å². The van der Waals surface area contributed by atoms with E-state index in [1.165, 1.54) is 11.1 Å². The van der Waals surface area contributed by atoms with Gasteiger partial charge in [-0.1, -0.05) is 66.3 Å². The zero-order valence-corrected chi connectivity index (χ0v) is 15.5. The first-order valence-electron chi connectivity index (χ1n) is 8.41. The molecule has 0 radical (unpaired) electrons. The summed E-state index contributed by atoms with van der Waals surface area (Å²) in [6.45, 7) is 8.03. The van der Waals surface area contributed by atoms with Crippen LogP contribution in [0.5, 0.6) is 11.5 Å². The number of hydrogen-bond donors (Lipinski definition) is 2. The third-order valence-electron chi connectivity index (χ3n) is 3.90. The summed E-state index contributed by atoms with van der Waals surface area (Å²) in [6, 6.07) is 14.5. The molecule has 0 fully saturated rings. The average Bonchev–Trinajstić information content (AvgIpc) is 2.79. The number of benzene rings is 2. The first-order chi connectivity index (χ1) is 11.9. The number of allylic oxidation sites excluding steroid dienone is 6. The summed E-state index contributed by atoms with van der Waals surface area (Å²) >= 11 is 0. The van der Waals surface area contributed by atoms with Crippen molar-refractivity contribution in [2.24, 2.45) is 0 Å². The van der Waals surface area contributed by atoms with Crippen molar-refractivity contribution in [3.63, 3.8) is 0 Å². The molecule has 0 aliphatic heterocycles. The van der Waals surface area contributed by atoms with Crippen molar-refractivity contribution in [1.82, 2.24) is 0 Å². The highest BCUT2D eigenvalue weighted by Crippen LogP contribution is 2.13. The van der Waals surface area contributed by atoms with Crippen molar-refractivity contribution in [3.05, 3.63) is 95.1 Å². The van der Waals surface area contributed by atoms with E-state index in [1.54, 1.807) is 12.1 Å². The highest BCUT2D eigenvalue weighted by molar-refractivity contribution is 5.33. The fraction of sp³-hybridized carbons (Fsp3) is 0.217. The molecule has 0 amide bonds. The lowest BCUT2D eigenvalue weighted by Crippen LogP contribution is -1.74. The van der Waals surface area contributed by atoms with Crippen LogP contribution >= 0.6 is 0 Å². The minimum atomic E-state index is 0.368. The summed E-state index contributed by atoms with van der Waals surface area (Å²) in [5.74, 6) is 0.736. The number of aromatic hydroxyl groups is 2.